The van der Waals surface area contributed by atoms with Gasteiger partial charge in [-0.05, 0) is 42.7 Å². The van der Waals surface area contributed by atoms with Crippen molar-refractivity contribution < 1.29 is 9.59 Å². The fourth-order valence-electron chi connectivity index (χ4n) is 4.81. The van der Waals surface area contributed by atoms with Gasteiger partial charge in [-0.2, -0.15) is 0 Å². The molecular weight excluding hydrogens is 386 g/mol. The maximum absolute atomic E-state index is 13.7. The number of carbonyl (C=O) groups is 2. The van der Waals surface area contributed by atoms with Gasteiger partial charge in [0.1, 0.15) is 0 Å². The first-order valence-electron chi connectivity index (χ1n) is 10.9. The standard InChI is InChI=1S/C23H35N3O2.ClH/c1-17(2)18-7-9-20(10-8-18)23(11-3-4-12-23)22(28)26-15-5-6-19(16-26)21(27)25-14-13-24;/h7-10,17,19H,3-6,11-16,24H2,1-2H3,(H,25,27);1H. The second-order valence-corrected chi connectivity index (χ2v) is 8.74. The van der Waals surface area contributed by atoms with Gasteiger partial charge in [0.25, 0.3) is 0 Å². The van der Waals surface area contributed by atoms with Crippen LogP contribution in [0.25, 0.3) is 0 Å². The normalized spacial score (nSPS) is 21.0. The summed E-state index contributed by atoms with van der Waals surface area (Å²) in [5, 5.41) is 2.89. The molecule has 2 amide bonds. The quantitative estimate of drug-likeness (QED) is 0.739. The van der Waals surface area contributed by atoms with E-state index in [2.05, 4.69) is 43.4 Å². The lowest BCUT2D eigenvalue weighted by molar-refractivity contribution is -0.141. The van der Waals surface area contributed by atoms with E-state index in [0.29, 0.717) is 25.6 Å². The van der Waals surface area contributed by atoms with Gasteiger partial charge in [-0.3, -0.25) is 9.59 Å². The average molecular weight is 422 g/mol. The molecule has 0 bridgehead atoms. The fourth-order valence-corrected chi connectivity index (χ4v) is 4.81. The topological polar surface area (TPSA) is 75.4 Å². The van der Waals surface area contributed by atoms with Gasteiger partial charge < -0.3 is 16.0 Å². The highest BCUT2D eigenvalue weighted by molar-refractivity contribution is 5.89. The zero-order valence-corrected chi connectivity index (χ0v) is 18.6. The number of nitrogens with one attached hydrogen (secondary N) is 1. The van der Waals surface area contributed by atoms with Crippen LogP contribution < -0.4 is 11.1 Å². The minimum Gasteiger partial charge on any atom is -0.355 e. The highest BCUT2D eigenvalue weighted by atomic mass is 35.5. The Morgan fingerprint density at radius 2 is 1.83 bits per heavy atom. The molecule has 1 aromatic rings. The van der Waals surface area contributed by atoms with Crippen molar-refractivity contribution in [2.75, 3.05) is 26.2 Å². The molecule has 1 aromatic carbocycles. The summed E-state index contributed by atoms with van der Waals surface area (Å²) in [7, 11) is 0. The molecular formula is C23H36ClN3O2. The van der Waals surface area contributed by atoms with Crippen molar-refractivity contribution in [3.8, 4) is 0 Å². The average Bonchev–Trinajstić information content (AvgIpc) is 3.22. The molecule has 1 aliphatic carbocycles. The van der Waals surface area contributed by atoms with Gasteiger partial charge >= 0.3 is 0 Å². The van der Waals surface area contributed by atoms with Crippen LogP contribution >= 0.6 is 12.4 Å². The van der Waals surface area contributed by atoms with E-state index in [9.17, 15) is 9.59 Å². The Bertz CT molecular complexity index is 684. The highest BCUT2D eigenvalue weighted by Gasteiger charge is 2.46. The Hall–Kier alpha value is -1.59. The molecule has 1 unspecified atom stereocenters. The van der Waals surface area contributed by atoms with Crippen LogP contribution in [0.15, 0.2) is 24.3 Å². The molecule has 1 saturated heterocycles. The monoisotopic (exact) mass is 421 g/mol. The number of amides is 2. The molecule has 0 radical (unpaired) electrons. The van der Waals surface area contributed by atoms with Crippen LogP contribution in [-0.2, 0) is 15.0 Å². The van der Waals surface area contributed by atoms with E-state index >= 15 is 0 Å². The Labute approximate surface area is 181 Å². The predicted molar refractivity (Wildman–Crippen MR) is 119 cm³/mol. The molecule has 0 spiro atoms. The molecule has 2 aliphatic rings. The lowest BCUT2D eigenvalue weighted by Gasteiger charge is -2.39. The van der Waals surface area contributed by atoms with E-state index in [1.165, 1.54) is 5.56 Å². The first kappa shape index (κ1) is 23.7. The van der Waals surface area contributed by atoms with Gasteiger partial charge in [-0.15, -0.1) is 12.4 Å². The molecule has 3 rings (SSSR count). The zero-order valence-electron chi connectivity index (χ0n) is 17.8. The number of carbonyl (C=O) groups excluding carboxylic acids is 2. The van der Waals surface area contributed by atoms with Crippen molar-refractivity contribution in [2.24, 2.45) is 11.7 Å². The number of nitrogens with two attached hydrogens (primary N) is 1. The van der Waals surface area contributed by atoms with Crippen molar-refractivity contribution >= 4 is 24.2 Å². The van der Waals surface area contributed by atoms with Crippen LogP contribution in [0.1, 0.15) is 69.4 Å². The number of halogens is 1. The smallest absolute Gasteiger partial charge is 0.233 e. The van der Waals surface area contributed by atoms with Crippen LogP contribution in [-0.4, -0.2) is 42.9 Å². The third-order valence-electron chi connectivity index (χ3n) is 6.52. The number of rotatable bonds is 6. The molecule has 1 aliphatic heterocycles. The van der Waals surface area contributed by atoms with Gasteiger partial charge in [0, 0.05) is 26.2 Å². The maximum atomic E-state index is 13.7. The SMILES string of the molecule is CC(C)c1ccc(C2(C(=O)N3CCCC(C(=O)NCCN)C3)CCCC2)cc1.Cl. The van der Waals surface area contributed by atoms with E-state index in [4.69, 9.17) is 5.73 Å². The maximum Gasteiger partial charge on any atom is 0.233 e. The molecule has 2 fully saturated rings. The van der Waals surface area contributed by atoms with Crippen molar-refractivity contribution in [3.05, 3.63) is 35.4 Å². The summed E-state index contributed by atoms with van der Waals surface area (Å²) in [6.45, 7) is 6.60. The van der Waals surface area contributed by atoms with Crippen LogP contribution in [0, 0.1) is 5.92 Å². The first-order valence-corrected chi connectivity index (χ1v) is 10.9. The molecule has 3 N–H and O–H groups in total. The number of benzene rings is 1. The van der Waals surface area contributed by atoms with Crippen molar-refractivity contribution in [1.82, 2.24) is 10.2 Å². The molecule has 6 heteroatoms. The van der Waals surface area contributed by atoms with Crippen molar-refractivity contribution in [3.63, 3.8) is 0 Å². The van der Waals surface area contributed by atoms with Crippen LogP contribution in [0.5, 0.6) is 0 Å². The number of hydrogen-bond acceptors (Lipinski definition) is 3. The number of nitrogens with zero attached hydrogens (tertiary/aromatic N) is 1. The summed E-state index contributed by atoms with van der Waals surface area (Å²) in [5.41, 5.74) is 7.54. The van der Waals surface area contributed by atoms with Crippen molar-refractivity contribution in [2.45, 2.75) is 63.7 Å². The van der Waals surface area contributed by atoms with E-state index < -0.39 is 5.41 Å². The summed E-state index contributed by atoms with van der Waals surface area (Å²) in [6.07, 6.45) is 5.73. The molecule has 1 atom stereocenters. The van der Waals surface area contributed by atoms with Gasteiger partial charge in [0.2, 0.25) is 11.8 Å². The van der Waals surface area contributed by atoms with Crippen LogP contribution in [0.3, 0.4) is 0 Å². The van der Waals surface area contributed by atoms with Gasteiger partial charge in [0.05, 0.1) is 11.3 Å². The Morgan fingerprint density at radius 1 is 1.17 bits per heavy atom. The van der Waals surface area contributed by atoms with Crippen LogP contribution in [0.2, 0.25) is 0 Å². The lowest BCUT2D eigenvalue weighted by atomic mass is 9.76. The summed E-state index contributed by atoms with van der Waals surface area (Å²) < 4.78 is 0. The Balaban J connectivity index is 0.00000300. The largest absolute Gasteiger partial charge is 0.355 e. The van der Waals surface area contributed by atoms with Gasteiger partial charge in [-0.25, -0.2) is 0 Å². The van der Waals surface area contributed by atoms with Gasteiger partial charge in [0.15, 0.2) is 0 Å². The molecule has 162 valence electrons. The predicted octanol–water partition coefficient (Wildman–Crippen LogP) is 3.36. The highest BCUT2D eigenvalue weighted by Crippen LogP contribution is 2.43. The minimum atomic E-state index is -0.412. The molecule has 0 aromatic heterocycles. The summed E-state index contributed by atoms with van der Waals surface area (Å²) >= 11 is 0. The lowest BCUT2D eigenvalue weighted by Crippen LogP contribution is -2.51. The summed E-state index contributed by atoms with van der Waals surface area (Å²) in [6, 6.07) is 8.67. The third-order valence-corrected chi connectivity index (χ3v) is 6.52. The second-order valence-electron chi connectivity index (χ2n) is 8.74. The Morgan fingerprint density at radius 3 is 2.41 bits per heavy atom. The van der Waals surface area contributed by atoms with E-state index in [-0.39, 0.29) is 30.1 Å². The number of hydrogen-bond donors (Lipinski definition) is 2. The van der Waals surface area contributed by atoms with Gasteiger partial charge in [-0.1, -0.05) is 51.0 Å². The number of piperidine rings is 1. The molecule has 29 heavy (non-hydrogen) atoms. The minimum absolute atomic E-state index is 0. The first-order chi connectivity index (χ1) is 13.5. The molecule has 1 saturated carbocycles. The molecule has 1 heterocycles. The summed E-state index contributed by atoms with van der Waals surface area (Å²) in [4.78, 5) is 28.0. The van der Waals surface area contributed by atoms with E-state index in [1.807, 2.05) is 4.90 Å². The summed E-state index contributed by atoms with van der Waals surface area (Å²) in [5.74, 6) is 0.619. The molecule has 5 nitrogen and oxygen atoms in total. The van der Waals surface area contributed by atoms with Crippen molar-refractivity contribution in [1.29, 1.82) is 0 Å². The second kappa shape index (κ2) is 10.4. The van der Waals surface area contributed by atoms with Crippen LogP contribution in [0.4, 0.5) is 0 Å². The fraction of sp³-hybridized carbons (Fsp3) is 0.652. The third kappa shape index (κ3) is 5.13. The Kier molecular flexibility index (Phi) is 8.53. The zero-order chi connectivity index (χ0) is 20.1. The van der Waals surface area contributed by atoms with E-state index in [0.717, 1.165) is 50.6 Å². The van der Waals surface area contributed by atoms with E-state index in [1.54, 1.807) is 0 Å². The number of likely N-dealkylation sites (tertiary alicyclic amines) is 1.